The summed E-state index contributed by atoms with van der Waals surface area (Å²) in [7, 11) is -0.0884. The Morgan fingerprint density at radius 1 is 1.24 bits per heavy atom. The fraction of sp³-hybridized carbons (Fsp3) is 0.647. The van der Waals surface area contributed by atoms with E-state index in [4.69, 9.17) is 4.43 Å². The van der Waals surface area contributed by atoms with Gasteiger partial charge in [-0.1, -0.05) is 20.8 Å². The van der Waals surface area contributed by atoms with Gasteiger partial charge in [-0.05, 0) is 53.0 Å². The van der Waals surface area contributed by atoms with Gasteiger partial charge in [-0.3, -0.25) is 13.9 Å². The third kappa shape index (κ3) is 3.86. The van der Waals surface area contributed by atoms with Crippen LogP contribution in [0.15, 0.2) is 13.4 Å². The molecule has 0 aliphatic rings. The number of hydrogen-bond acceptors (Lipinski definition) is 4. The molecule has 0 atom stereocenters. The summed E-state index contributed by atoms with van der Waals surface area (Å²) >= 11 is 4.89. The molecule has 2 aromatic heterocycles. The zero-order chi connectivity index (χ0) is 19.2. The molecule has 0 aromatic carbocycles. The number of rotatable bonds is 5. The van der Waals surface area contributed by atoms with Crippen molar-refractivity contribution in [1.29, 1.82) is 0 Å². The van der Waals surface area contributed by atoms with Crippen LogP contribution in [-0.2, 0) is 18.0 Å². The van der Waals surface area contributed by atoms with Gasteiger partial charge in [0, 0.05) is 20.2 Å². The summed E-state index contributed by atoms with van der Waals surface area (Å²) in [5.74, 6) is 0. The lowest BCUT2D eigenvalue weighted by Gasteiger charge is -2.36. The van der Waals surface area contributed by atoms with Gasteiger partial charge in [0.2, 0.25) is 0 Å². The van der Waals surface area contributed by atoms with Gasteiger partial charge in [0.1, 0.15) is 4.83 Å². The molecule has 8 heteroatoms. The van der Waals surface area contributed by atoms with E-state index in [-0.39, 0.29) is 16.3 Å². The molecule has 0 fully saturated rings. The van der Waals surface area contributed by atoms with Crippen LogP contribution in [0.5, 0.6) is 0 Å². The Hall–Kier alpha value is -0.703. The van der Waals surface area contributed by atoms with Crippen molar-refractivity contribution in [3.8, 4) is 0 Å². The Kier molecular flexibility index (Phi) is 5.88. The van der Waals surface area contributed by atoms with Crippen LogP contribution < -0.4 is 11.2 Å². The van der Waals surface area contributed by atoms with E-state index in [9.17, 15) is 9.59 Å². The highest BCUT2D eigenvalue weighted by Crippen LogP contribution is 2.36. The fourth-order valence-electron chi connectivity index (χ4n) is 2.41. The average molecular weight is 447 g/mol. The van der Waals surface area contributed by atoms with Crippen LogP contribution in [0.2, 0.25) is 18.1 Å². The summed E-state index contributed by atoms with van der Waals surface area (Å²) in [6, 6.07) is 0. The van der Waals surface area contributed by atoms with Crippen LogP contribution in [0.3, 0.4) is 0 Å². The molecule has 5 nitrogen and oxygen atoms in total. The van der Waals surface area contributed by atoms with E-state index >= 15 is 0 Å². The van der Waals surface area contributed by atoms with Gasteiger partial charge in [-0.2, -0.15) is 0 Å². The van der Waals surface area contributed by atoms with E-state index in [0.29, 0.717) is 29.8 Å². The molecule has 25 heavy (non-hydrogen) atoms. The van der Waals surface area contributed by atoms with Gasteiger partial charge in [-0.15, -0.1) is 11.3 Å². The summed E-state index contributed by atoms with van der Waals surface area (Å²) < 4.78 is 9.95. The Balaban J connectivity index is 2.24. The van der Waals surface area contributed by atoms with E-state index in [0.717, 1.165) is 9.35 Å². The smallest absolute Gasteiger partial charge is 0.331 e. The second-order valence-corrected chi connectivity index (χ2v) is 15.1. The van der Waals surface area contributed by atoms with Crippen LogP contribution in [0, 0.1) is 6.92 Å². The highest BCUT2D eigenvalue weighted by Gasteiger charge is 2.36. The lowest BCUT2D eigenvalue weighted by molar-refractivity contribution is 0.273. The minimum atomic E-state index is -1.81. The molecule has 2 rings (SSSR count). The maximum Gasteiger partial charge on any atom is 0.331 e. The highest BCUT2D eigenvalue weighted by atomic mass is 79.9. The number of halogens is 1. The third-order valence-corrected chi connectivity index (χ3v) is 11.9. The predicted molar refractivity (Wildman–Crippen MR) is 112 cm³/mol. The van der Waals surface area contributed by atoms with Crippen molar-refractivity contribution in [1.82, 2.24) is 9.13 Å². The minimum Gasteiger partial charge on any atom is -0.417 e. The summed E-state index contributed by atoms with van der Waals surface area (Å²) in [4.78, 5) is 26.1. The second-order valence-electron chi connectivity index (χ2n) is 7.94. The van der Waals surface area contributed by atoms with Gasteiger partial charge in [-0.25, -0.2) is 4.79 Å². The van der Waals surface area contributed by atoms with Gasteiger partial charge in [0.15, 0.2) is 8.32 Å². The first-order valence-electron chi connectivity index (χ1n) is 8.41. The first-order valence-corrected chi connectivity index (χ1v) is 12.9. The molecule has 0 spiro atoms. The minimum absolute atomic E-state index is 0.152. The molecule has 0 aliphatic carbocycles. The van der Waals surface area contributed by atoms with E-state index in [1.807, 2.05) is 6.92 Å². The summed E-state index contributed by atoms with van der Waals surface area (Å²) in [6.45, 7) is 13.9. The third-order valence-electron chi connectivity index (χ3n) is 5.15. The monoisotopic (exact) mass is 446 g/mol. The predicted octanol–water partition coefficient (Wildman–Crippen LogP) is 4.24. The maximum atomic E-state index is 12.8. The number of fused-ring (bicyclic) bond motifs is 1. The summed E-state index contributed by atoms with van der Waals surface area (Å²) in [5.41, 5.74) is 0.426. The van der Waals surface area contributed by atoms with E-state index in [1.165, 1.54) is 15.9 Å². The van der Waals surface area contributed by atoms with Crippen molar-refractivity contribution >= 4 is 45.8 Å². The largest absolute Gasteiger partial charge is 0.417 e. The zero-order valence-corrected chi connectivity index (χ0v) is 19.4. The van der Waals surface area contributed by atoms with Crippen LogP contribution in [0.4, 0.5) is 0 Å². The molecule has 0 unspecified atom stereocenters. The first kappa shape index (κ1) is 20.6. The number of thiophene rings is 1. The van der Waals surface area contributed by atoms with E-state index in [1.54, 1.807) is 11.6 Å². The number of aryl methyl sites for hydroxylation is 2. The van der Waals surface area contributed by atoms with Gasteiger partial charge in [0.05, 0.1) is 9.17 Å². The SMILES string of the molecule is Cc1c(Br)sc2c1c(=O)n(CCCO[Si](C)(C)C(C)(C)C)c(=O)n2C. The Labute approximate surface area is 161 Å². The quantitative estimate of drug-likeness (QED) is 0.509. The van der Waals surface area contributed by atoms with Crippen molar-refractivity contribution in [2.24, 2.45) is 7.05 Å². The lowest BCUT2D eigenvalue weighted by Crippen LogP contribution is -2.42. The van der Waals surface area contributed by atoms with Crippen LogP contribution in [0.1, 0.15) is 32.8 Å². The second kappa shape index (κ2) is 7.13. The normalized spacial score (nSPS) is 13.0. The molecule has 0 saturated heterocycles. The molecule has 0 amide bonds. The standard InChI is InChI=1S/C17H27BrN2O3SSi/c1-11-12-14(21)20(16(22)19(5)15(12)24-13(11)18)9-8-10-23-25(6,7)17(2,3)4/h8-10H2,1-7H3. The molecular weight excluding hydrogens is 420 g/mol. The number of hydrogen-bond donors (Lipinski definition) is 0. The number of aromatic nitrogens is 2. The maximum absolute atomic E-state index is 12.8. The summed E-state index contributed by atoms with van der Waals surface area (Å²) in [6.07, 6.45) is 0.650. The average Bonchev–Trinajstić information content (AvgIpc) is 2.79. The Bertz CT molecular complexity index is 906. The summed E-state index contributed by atoms with van der Waals surface area (Å²) in [5, 5.41) is 0.781. The van der Waals surface area contributed by atoms with E-state index < -0.39 is 8.32 Å². The lowest BCUT2D eigenvalue weighted by atomic mass is 10.2. The van der Waals surface area contributed by atoms with Crippen molar-refractivity contribution in [3.05, 3.63) is 30.2 Å². The van der Waals surface area contributed by atoms with Crippen LogP contribution >= 0.6 is 27.3 Å². The molecule has 0 saturated carbocycles. The molecule has 0 N–H and O–H groups in total. The van der Waals surface area contributed by atoms with Crippen LogP contribution in [0.25, 0.3) is 10.2 Å². The number of nitrogens with zero attached hydrogens (tertiary/aromatic N) is 2. The van der Waals surface area contributed by atoms with Crippen molar-refractivity contribution in [2.75, 3.05) is 6.61 Å². The molecule has 0 aliphatic heterocycles. The molecule has 2 heterocycles. The Morgan fingerprint density at radius 2 is 1.84 bits per heavy atom. The van der Waals surface area contributed by atoms with Crippen molar-refractivity contribution in [3.63, 3.8) is 0 Å². The van der Waals surface area contributed by atoms with Crippen LogP contribution in [-0.4, -0.2) is 24.1 Å². The van der Waals surface area contributed by atoms with Gasteiger partial charge >= 0.3 is 5.69 Å². The molecule has 140 valence electrons. The highest BCUT2D eigenvalue weighted by molar-refractivity contribution is 9.11. The Morgan fingerprint density at radius 3 is 2.40 bits per heavy atom. The molecule has 0 bridgehead atoms. The molecule has 2 aromatic rings. The van der Waals surface area contributed by atoms with Gasteiger partial charge < -0.3 is 4.43 Å². The van der Waals surface area contributed by atoms with Crippen molar-refractivity contribution in [2.45, 2.75) is 58.8 Å². The molecule has 0 radical (unpaired) electrons. The van der Waals surface area contributed by atoms with Gasteiger partial charge in [0.25, 0.3) is 5.56 Å². The molecular formula is C17H27BrN2O3SSi. The topological polar surface area (TPSA) is 53.2 Å². The fourth-order valence-corrected chi connectivity index (χ4v) is 5.14. The van der Waals surface area contributed by atoms with Crippen molar-refractivity contribution < 1.29 is 4.43 Å². The first-order chi connectivity index (χ1) is 11.4. The van der Waals surface area contributed by atoms with E-state index in [2.05, 4.69) is 49.8 Å². The zero-order valence-electron chi connectivity index (χ0n) is 16.0.